The number of hydrogen-bond acceptors (Lipinski definition) is 9. The molecule has 20 saturated heterocycles. The molecule has 0 aromatic rings. The van der Waals surface area contributed by atoms with Crippen molar-refractivity contribution in [3.8, 4) is 0 Å². The molecule has 20 aliphatic heterocycles. The molecule has 23 atom stereocenters. The lowest BCUT2D eigenvalue weighted by Gasteiger charge is -2.45. The van der Waals surface area contributed by atoms with Crippen LogP contribution in [-0.2, 0) is 0 Å². The maximum atomic E-state index is 2.69. The van der Waals surface area contributed by atoms with E-state index in [4.69, 9.17) is 0 Å². The van der Waals surface area contributed by atoms with Gasteiger partial charge in [-0.15, -0.1) is 0 Å². The highest BCUT2D eigenvalue weighted by Crippen LogP contribution is 2.43. The van der Waals surface area contributed by atoms with Gasteiger partial charge in [0.05, 0.1) is 0 Å². The quantitative estimate of drug-likeness (QED) is 0.133. The lowest BCUT2D eigenvalue weighted by molar-refractivity contribution is 0.0406. The highest BCUT2D eigenvalue weighted by Gasteiger charge is 2.42. The van der Waals surface area contributed by atoms with Crippen molar-refractivity contribution in [3.63, 3.8) is 0 Å². The molecule has 9 unspecified atom stereocenters. The summed E-state index contributed by atoms with van der Waals surface area (Å²) in [7, 11) is 0. The van der Waals surface area contributed by atoms with Crippen molar-refractivity contribution < 1.29 is 0 Å². The summed E-state index contributed by atoms with van der Waals surface area (Å²) in [6.45, 7) is 80.2. The molecule has 9 nitrogen and oxygen atoms in total. The highest BCUT2D eigenvalue weighted by molar-refractivity contribution is 4.95. The number of hydrogen-bond donors (Lipinski definition) is 0. The predicted octanol–water partition coefficient (Wildman–Crippen LogP) is 27.3. The molecule has 0 radical (unpaired) electrons. The van der Waals surface area contributed by atoms with Crippen LogP contribution in [0, 0.1) is 160 Å². The van der Waals surface area contributed by atoms with E-state index in [2.05, 4.69) is 169 Å². The zero-order chi connectivity index (χ0) is 76.3. The van der Waals surface area contributed by atoms with Crippen LogP contribution in [0.15, 0.2) is 0 Å². The van der Waals surface area contributed by atoms with Gasteiger partial charge in [-0.3, -0.25) is 0 Å². The molecule has 20 fully saturated rings. The van der Waals surface area contributed by atoms with E-state index in [0.717, 1.165) is 160 Å². The summed E-state index contributed by atoms with van der Waals surface area (Å²) in [5, 5.41) is 0. The molecule has 9 heteroatoms. The van der Waals surface area contributed by atoms with Gasteiger partial charge in [0.1, 0.15) is 0 Å². The lowest BCUT2D eigenvalue weighted by Crippen LogP contribution is -2.47. The summed E-state index contributed by atoms with van der Waals surface area (Å²) in [4.78, 5) is 24.0. The average molecular weight is 1650 g/mol. The highest BCUT2D eigenvalue weighted by atomic mass is 15.2. The van der Waals surface area contributed by atoms with E-state index < -0.39 is 0 Å². The third kappa shape index (κ3) is 40.2. The zero-order valence-corrected chi connectivity index (χ0v) is 75.1. The fourth-order valence-electron chi connectivity index (χ4n) is 26.7. The van der Waals surface area contributed by atoms with Gasteiger partial charge in [-0.2, -0.15) is 0 Å². The van der Waals surface area contributed by atoms with Crippen molar-refractivity contribution in [1.29, 1.82) is 0 Å². The van der Waals surface area contributed by atoms with E-state index in [1.807, 2.05) is 0 Å². The standard InChI is InChI=1S/C12H23N.6C11H21N.2C10H19N.10CH4/c1-10(2)7-12-8-11-3-5-13(9-12)6-4-11;1-9(2)7-11-8-12-5-3-10(11)4-6-12;3*1-9(2)5-11-6-10-3-4-12(7-10)8-11;2*1-9(2)6-11-8-12-5-3-4-10(11)7-12;2*1-8(2)5-10-7-11-4-3-9(10)6-11;;;;;;;;;;/h10-12H,3-9H2,1-2H3;6*9-11H,3-8H2,1-2H3;2*8-10H,3-7H2,1-2H3;10*1H4/t;;10-,11+;2*10-,11-;10-,11+;10-,11-;9-,10+;9-,10-;;;;;;;;;;/m..1100000........../s1. The van der Waals surface area contributed by atoms with E-state index >= 15 is 0 Å². The Balaban J connectivity index is 0.00000128. The van der Waals surface area contributed by atoms with Crippen LogP contribution >= 0.6 is 0 Å². The molecule has 0 amide bonds. The molecule has 18 bridgehead atoms. The van der Waals surface area contributed by atoms with Crippen LogP contribution in [0.2, 0.25) is 0 Å². The Kier molecular flexibility index (Phi) is 58.7. The fraction of sp³-hybridized carbons (Fsp3) is 1.00. The van der Waals surface area contributed by atoms with Gasteiger partial charge in [-0.05, 0) is 399 Å². The molecular formula is C108H227N9. The molecule has 20 rings (SSSR count). The topological polar surface area (TPSA) is 29.2 Å². The second-order valence-electron chi connectivity index (χ2n) is 45.4. The largest absolute Gasteiger partial charge is 0.303 e. The number of rotatable bonds is 18. The number of nitrogens with zero attached hydrogens (tertiary/aromatic N) is 9. The van der Waals surface area contributed by atoms with E-state index in [0.29, 0.717) is 0 Å². The summed E-state index contributed by atoms with van der Waals surface area (Å²) in [6.07, 6.45) is 38.5. The van der Waals surface area contributed by atoms with Crippen LogP contribution in [-0.4, -0.2) is 221 Å². The first-order valence-electron chi connectivity index (χ1n) is 48.7. The number of fused-ring (bicyclic) bond motifs is 21. The molecule has 0 aliphatic carbocycles. The van der Waals surface area contributed by atoms with E-state index in [1.54, 1.807) is 0 Å². The van der Waals surface area contributed by atoms with Gasteiger partial charge in [0.2, 0.25) is 0 Å². The van der Waals surface area contributed by atoms with Gasteiger partial charge in [0.25, 0.3) is 0 Å². The summed E-state index contributed by atoms with van der Waals surface area (Å²) in [5.74, 6) is 26.9. The van der Waals surface area contributed by atoms with Gasteiger partial charge in [-0.1, -0.05) is 199 Å². The van der Waals surface area contributed by atoms with Gasteiger partial charge >= 0.3 is 0 Å². The molecule has 117 heavy (non-hydrogen) atoms. The molecule has 0 N–H and O–H groups in total. The first-order valence-corrected chi connectivity index (χ1v) is 48.7. The summed E-state index contributed by atoms with van der Waals surface area (Å²) in [6, 6.07) is 0. The van der Waals surface area contributed by atoms with Crippen LogP contribution < -0.4 is 0 Å². The minimum atomic E-state index is 0. The van der Waals surface area contributed by atoms with Crippen LogP contribution in [0.5, 0.6) is 0 Å². The minimum Gasteiger partial charge on any atom is -0.303 e. The van der Waals surface area contributed by atoms with Crippen molar-refractivity contribution in [1.82, 2.24) is 44.1 Å². The van der Waals surface area contributed by atoms with Crippen LogP contribution in [0.4, 0.5) is 0 Å². The molecule has 0 aromatic heterocycles. The molecular weight excluding hydrogens is 1420 g/mol. The van der Waals surface area contributed by atoms with Crippen molar-refractivity contribution in [3.05, 3.63) is 0 Å². The molecule has 20 heterocycles. The lowest BCUT2D eigenvalue weighted by atomic mass is 9.75. The second kappa shape index (κ2) is 58.9. The van der Waals surface area contributed by atoms with Crippen LogP contribution in [0.3, 0.4) is 0 Å². The Hall–Kier alpha value is -0.360. The summed E-state index contributed by atoms with van der Waals surface area (Å²) >= 11 is 0. The van der Waals surface area contributed by atoms with Crippen LogP contribution in [0.25, 0.3) is 0 Å². The Labute approximate surface area is 742 Å². The maximum absolute atomic E-state index is 2.69. The van der Waals surface area contributed by atoms with Crippen LogP contribution in [0.1, 0.15) is 366 Å². The molecule has 704 valence electrons. The summed E-state index contributed by atoms with van der Waals surface area (Å²) < 4.78 is 0. The molecule has 0 spiro atoms. The fourth-order valence-corrected chi connectivity index (χ4v) is 26.7. The normalized spacial score (nSPS) is 37.4. The van der Waals surface area contributed by atoms with Gasteiger partial charge in [0.15, 0.2) is 0 Å². The SMILES string of the molecule is C.C.C.C.C.C.C.C.C.C.CC(C)CC1CC2CCN(CC2)C1.CC(C)CC1CN2CCC1CC2.CC(C)C[C@@H]1CN2CCC[C@H]1C2.CC(C)C[C@@H]1CN2CC[C@H]1C2.CC(C)C[C@@H]1C[C@H]2CCN(C2)C1.CC(C)C[C@H]1CN2CCC[C@H]1C2.CC(C)C[C@H]1CN2CC[C@H]1C2.CC(C)C[C@H]1C[C@@H]2CCN(C2)C1.CC(C)C[C@H]1C[C@H]2CCN(C2)C1. The van der Waals surface area contributed by atoms with Crippen molar-refractivity contribution in [2.24, 2.45) is 160 Å². The Morgan fingerprint density at radius 3 is 0.598 bits per heavy atom. The van der Waals surface area contributed by atoms with Gasteiger partial charge in [-0.25, -0.2) is 0 Å². The Bertz CT molecular complexity index is 2120. The first kappa shape index (κ1) is 117. The molecule has 20 aliphatic rings. The van der Waals surface area contributed by atoms with E-state index in [-0.39, 0.29) is 74.3 Å². The van der Waals surface area contributed by atoms with Crippen molar-refractivity contribution in [2.45, 2.75) is 366 Å². The molecule has 0 aromatic carbocycles. The Morgan fingerprint density at radius 1 is 0.171 bits per heavy atom. The third-order valence-corrected chi connectivity index (χ3v) is 30.8. The second-order valence-corrected chi connectivity index (χ2v) is 45.4. The predicted molar refractivity (Wildman–Crippen MR) is 532 cm³/mol. The monoisotopic (exact) mass is 1650 g/mol. The van der Waals surface area contributed by atoms with Gasteiger partial charge in [0, 0.05) is 105 Å². The van der Waals surface area contributed by atoms with E-state index in [1.165, 1.54) is 344 Å². The zero-order valence-electron chi connectivity index (χ0n) is 75.1. The average Bonchev–Trinajstić information content (AvgIpc) is 1.80. The maximum Gasteiger partial charge on any atom is 0.00134 e. The minimum absolute atomic E-state index is 0. The van der Waals surface area contributed by atoms with E-state index in [9.17, 15) is 0 Å². The molecule has 0 saturated carbocycles. The Morgan fingerprint density at radius 2 is 0.359 bits per heavy atom. The van der Waals surface area contributed by atoms with Crippen molar-refractivity contribution in [2.75, 3.05) is 177 Å². The number of piperidine rings is 11. The smallest absolute Gasteiger partial charge is 0.00134 e. The third-order valence-electron chi connectivity index (χ3n) is 30.8. The first-order chi connectivity index (χ1) is 51.2. The van der Waals surface area contributed by atoms with Crippen molar-refractivity contribution >= 4 is 0 Å². The van der Waals surface area contributed by atoms with Gasteiger partial charge < -0.3 is 44.1 Å². The summed E-state index contributed by atoms with van der Waals surface area (Å²) in [5.41, 5.74) is 0.